The molecule has 0 spiro atoms. The van der Waals surface area contributed by atoms with Gasteiger partial charge in [-0.15, -0.1) is 0 Å². The van der Waals surface area contributed by atoms with Crippen LogP contribution in [-0.4, -0.2) is 5.11 Å². The van der Waals surface area contributed by atoms with E-state index in [1.807, 2.05) is 60.7 Å². The van der Waals surface area contributed by atoms with Crippen LogP contribution in [0.15, 0.2) is 109 Å². The molecule has 0 radical (unpaired) electrons. The molecule has 0 saturated carbocycles. The fourth-order valence-electron chi connectivity index (χ4n) is 4.76. The van der Waals surface area contributed by atoms with Gasteiger partial charge in [0.1, 0.15) is 5.60 Å². The van der Waals surface area contributed by atoms with E-state index in [2.05, 4.69) is 0 Å². The van der Waals surface area contributed by atoms with Gasteiger partial charge >= 0.3 is 0 Å². The van der Waals surface area contributed by atoms with Gasteiger partial charge in [0.15, 0.2) is 0 Å². The molecule has 5 aromatic carbocycles. The molecule has 1 atom stereocenters. The summed E-state index contributed by atoms with van der Waals surface area (Å²) < 4.78 is 34.7. The first-order valence-electron chi connectivity index (χ1n) is 12.1. The summed E-state index contributed by atoms with van der Waals surface area (Å²) in [6, 6.07) is 24.7. The van der Waals surface area contributed by atoms with Gasteiger partial charge in [-0.1, -0.05) is 115 Å². The smallest absolute Gasteiger partial charge is 0.142 e. The molecular weight excluding hydrogens is 400 g/mol. The number of benzene rings is 5. The average Bonchev–Trinajstić information content (AvgIpc) is 2.88. The number of rotatable bonds is 2. The van der Waals surface area contributed by atoms with Crippen molar-refractivity contribution in [1.82, 2.24) is 0 Å². The summed E-state index contributed by atoms with van der Waals surface area (Å²) in [7, 11) is 0. The Morgan fingerprint density at radius 1 is 0.613 bits per heavy atom. The Kier molecular flexibility index (Phi) is 3.21. The van der Waals surface area contributed by atoms with Crippen LogP contribution in [0.25, 0.3) is 33.0 Å². The lowest BCUT2D eigenvalue weighted by Gasteiger charge is -2.38. The highest BCUT2D eigenvalue weighted by atomic mass is 35.5. The molecule has 0 bridgehead atoms. The van der Waals surface area contributed by atoms with Crippen molar-refractivity contribution in [3.63, 3.8) is 0 Å². The Hall–Kier alpha value is -3.39. The minimum atomic E-state index is -1.85. The molecule has 0 fully saturated rings. The molecular formula is C29H19ClO. The summed E-state index contributed by atoms with van der Waals surface area (Å²) in [6.45, 7) is 0. The third-order valence-corrected chi connectivity index (χ3v) is 6.42. The van der Waals surface area contributed by atoms with Gasteiger partial charge in [0, 0.05) is 27.3 Å². The standard InChI is InChI=1S/C29H19ClO/c30-27-18-6-3-13-22(27)20-11-1-4-15-24(20)29(31)25-16-5-2-12-21(25)23-14-7-9-19-10-8-17-26(29)28(19)23/h1-18,31H/i1D,4D,11D,15D. The second kappa shape index (κ2) is 6.81. The number of hydrogen-bond donors (Lipinski definition) is 1. The van der Waals surface area contributed by atoms with E-state index in [9.17, 15) is 5.11 Å². The zero-order valence-corrected chi connectivity index (χ0v) is 17.2. The Bertz CT molecular complexity index is 1670. The minimum Gasteiger partial charge on any atom is -0.376 e. The molecule has 148 valence electrons. The summed E-state index contributed by atoms with van der Waals surface area (Å²) in [5, 5.41) is 15.0. The molecule has 1 unspecified atom stereocenters. The van der Waals surface area contributed by atoms with Gasteiger partial charge in [-0.25, -0.2) is 0 Å². The maximum Gasteiger partial charge on any atom is 0.142 e. The van der Waals surface area contributed by atoms with Crippen LogP contribution in [-0.2, 0) is 5.60 Å². The van der Waals surface area contributed by atoms with E-state index in [-0.39, 0.29) is 29.3 Å². The average molecular weight is 423 g/mol. The summed E-state index contributed by atoms with van der Waals surface area (Å²) >= 11 is 6.56. The quantitative estimate of drug-likeness (QED) is 0.313. The second-order valence-corrected chi connectivity index (χ2v) is 8.10. The second-order valence-electron chi connectivity index (χ2n) is 7.70. The number of aliphatic hydroxyl groups is 1. The number of hydrogen-bond acceptors (Lipinski definition) is 1. The molecule has 31 heavy (non-hydrogen) atoms. The van der Waals surface area contributed by atoms with Crippen molar-refractivity contribution in [3.05, 3.63) is 131 Å². The van der Waals surface area contributed by atoms with Gasteiger partial charge in [0.2, 0.25) is 0 Å². The maximum absolute atomic E-state index is 12.8. The van der Waals surface area contributed by atoms with E-state index in [1.54, 1.807) is 24.3 Å². The largest absolute Gasteiger partial charge is 0.376 e. The van der Waals surface area contributed by atoms with Crippen molar-refractivity contribution in [2.45, 2.75) is 5.60 Å². The monoisotopic (exact) mass is 422 g/mol. The van der Waals surface area contributed by atoms with Crippen LogP contribution in [0.4, 0.5) is 0 Å². The van der Waals surface area contributed by atoms with Crippen molar-refractivity contribution in [1.29, 1.82) is 0 Å². The van der Waals surface area contributed by atoms with Gasteiger partial charge in [-0.2, -0.15) is 0 Å². The first kappa shape index (κ1) is 14.6. The summed E-state index contributed by atoms with van der Waals surface area (Å²) in [5.41, 5.74) is 1.78. The Morgan fingerprint density at radius 3 is 2.10 bits per heavy atom. The fourth-order valence-corrected chi connectivity index (χ4v) is 4.99. The van der Waals surface area contributed by atoms with Crippen molar-refractivity contribution >= 4 is 22.4 Å². The molecule has 1 N–H and O–H groups in total. The molecule has 0 amide bonds. The van der Waals surface area contributed by atoms with E-state index in [1.165, 1.54) is 0 Å². The van der Waals surface area contributed by atoms with E-state index < -0.39 is 11.6 Å². The summed E-state index contributed by atoms with van der Waals surface area (Å²) in [6.07, 6.45) is 0. The van der Waals surface area contributed by atoms with Crippen molar-refractivity contribution in [2.24, 2.45) is 0 Å². The zero-order chi connectivity index (χ0) is 24.5. The lowest BCUT2D eigenvalue weighted by molar-refractivity contribution is 0.128. The maximum atomic E-state index is 12.8. The molecule has 0 saturated heterocycles. The highest BCUT2D eigenvalue weighted by molar-refractivity contribution is 6.33. The van der Waals surface area contributed by atoms with Crippen LogP contribution in [0, 0.1) is 0 Å². The van der Waals surface area contributed by atoms with Gasteiger partial charge in [0.05, 0.1) is 5.48 Å². The molecule has 2 heteroatoms. The molecule has 0 heterocycles. The Morgan fingerprint density at radius 2 is 1.26 bits per heavy atom. The SMILES string of the molecule is [2H]c1c([2H])c([2H])c(C2(O)c3ccccc3-c3cccc4cccc2c34)c(-c2ccccc2Cl)c1[2H]. The Labute approximate surface area is 191 Å². The highest BCUT2D eigenvalue weighted by Gasteiger charge is 2.42. The summed E-state index contributed by atoms with van der Waals surface area (Å²) in [5.74, 6) is 0. The Balaban J connectivity index is 1.86. The van der Waals surface area contributed by atoms with Crippen LogP contribution in [0.3, 0.4) is 0 Å². The first-order chi connectivity index (χ1) is 16.9. The number of halogens is 1. The van der Waals surface area contributed by atoms with Gasteiger partial charge in [-0.3, -0.25) is 0 Å². The molecule has 0 aromatic heterocycles. The van der Waals surface area contributed by atoms with Crippen LogP contribution in [0.2, 0.25) is 5.02 Å². The van der Waals surface area contributed by atoms with E-state index in [0.29, 0.717) is 21.7 Å². The minimum absolute atomic E-state index is 0.0889. The molecule has 0 aliphatic heterocycles. The van der Waals surface area contributed by atoms with E-state index in [4.69, 9.17) is 17.1 Å². The summed E-state index contributed by atoms with van der Waals surface area (Å²) in [4.78, 5) is 0. The van der Waals surface area contributed by atoms with Gasteiger partial charge in [0.25, 0.3) is 0 Å². The molecule has 1 nitrogen and oxygen atoms in total. The van der Waals surface area contributed by atoms with Gasteiger partial charge < -0.3 is 5.11 Å². The normalized spacial score (nSPS) is 18.6. The molecule has 1 aliphatic carbocycles. The predicted molar refractivity (Wildman–Crippen MR) is 128 cm³/mol. The van der Waals surface area contributed by atoms with Crippen molar-refractivity contribution < 1.29 is 10.6 Å². The first-order valence-corrected chi connectivity index (χ1v) is 10.4. The van der Waals surface area contributed by atoms with Gasteiger partial charge in [-0.05, 0) is 33.5 Å². The van der Waals surface area contributed by atoms with E-state index in [0.717, 1.165) is 21.9 Å². The molecule has 5 aromatic rings. The highest BCUT2D eigenvalue weighted by Crippen LogP contribution is 2.52. The molecule has 1 aliphatic rings. The predicted octanol–water partition coefficient (Wildman–Crippen LogP) is 7.42. The zero-order valence-electron chi connectivity index (χ0n) is 20.4. The topological polar surface area (TPSA) is 20.2 Å². The van der Waals surface area contributed by atoms with Crippen LogP contribution in [0.1, 0.15) is 22.2 Å². The van der Waals surface area contributed by atoms with E-state index >= 15 is 0 Å². The lowest BCUT2D eigenvalue weighted by atomic mass is 9.69. The van der Waals surface area contributed by atoms with Crippen LogP contribution < -0.4 is 0 Å². The third-order valence-electron chi connectivity index (χ3n) is 6.09. The lowest BCUT2D eigenvalue weighted by Crippen LogP contribution is -2.32. The van der Waals surface area contributed by atoms with Crippen LogP contribution >= 0.6 is 11.6 Å². The van der Waals surface area contributed by atoms with Crippen LogP contribution in [0.5, 0.6) is 0 Å². The fraction of sp³-hybridized carbons (Fsp3) is 0.0345. The molecule has 6 rings (SSSR count). The number of fused-ring (bicyclic) bond motifs is 2. The van der Waals surface area contributed by atoms with Crippen molar-refractivity contribution in [2.75, 3.05) is 0 Å². The van der Waals surface area contributed by atoms with Crippen molar-refractivity contribution in [3.8, 4) is 22.3 Å². The third kappa shape index (κ3) is 2.54.